The average Bonchev–Trinajstić information content (AvgIpc) is 3.84. The van der Waals surface area contributed by atoms with Gasteiger partial charge < -0.3 is 29.0 Å². The highest BCUT2D eigenvalue weighted by atomic mass is 32.1. The summed E-state index contributed by atoms with van der Waals surface area (Å²) in [7, 11) is 0. The molecule has 5 aromatic rings. The molecule has 1 amide bonds. The molecule has 15 nitrogen and oxygen atoms in total. The summed E-state index contributed by atoms with van der Waals surface area (Å²) in [4.78, 5) is 46.0. The van der Waals surface area contributed by atoms with E-state index in [0.29, 0.717) is 11.1 Å². The van der Waals surface area contributed by atoms with Crippen molar-refractivity contribution in [3.8, 4) is 11.3 Å². The molecule has 2 aromatic heterocycles. The zero-order chi connectivity index (χ0) is 39.6. The highest BCUT2D eigenvalue weighted by Crippen LogP contribution is 2.40. The van der Waals surface area contributed by atoms with E-state index in [2.05, 4.69) is 30.8 Å². The third-order valence-electron chi connectivity index (χ3n) is 8.97. The Morgan fingerprint density at radius 2 is 1.71 bits per heavy atom. The number of fused-ring (bicyclic) bond motifs is 2. The van der Waals surface area contributed by atoms with Gasteiger partial charge in [-0.1, -0.05) is 35.5 Å². The van der Waals surface area contributed by atoms with Crippen LogP contribution < -0.4 is 5.32 Å². The Labute approximate surface area is 320 Å². The number of rotatable bonds is 11. The van der Waals surface area contributed by atoms with E-state index in [4.69, 9.17) is 23.7 Å². The lowest BCUT2D eigenvalue weighted by molar-refractivity contribution is -0.297. The summed E-state index contributed by atoms with van der Waals surface area (Å²) in [5, 5.41) is 19.7. The Hall–Kier alpha value is -5.63. The molecular weight excluding hydrogens is 760 g/mol. The molecule has 2 saturated heterocycles. The second-order valence-corrected chi connectivity index (χ2v) is 13.9. The van der Waals surface area contributed by atoms with Crippen LogP contribution in [0.3, 0.4) is 0 Å². The average molecular weight is 794 g/mol. The summed E-state index contributed by atoms with van der Waals surface area (Å²) >= 11 is 1.40. The first-order valence-corrected chi connectivity index (χ1v) is 18.3. The van der Waals surface area contributed by atoms with Crippen LogP contribution in [-0.4, -0.2) is 81.6 Å². The third-order valence-corrected chi connectivity index (χ3v) is 9.90. The number of carbonyl (C=O) groups is 3. The van der Waals surface area contributed by atoms with Crippen molar-refractivity contribution in [3.63, 3.8) is 0 Å². The van der Waals surface area contributed by atoms with Gasteiger partial charge in [0.05, 0.1) is 53.0 Å². The van der Waals surface area contributed by atoms with Crippen LogP contribution in [0.25, 0.3) is 21.5 Å². The molecule has 19 heteroatoms. The van der Waals surface area contributed by atoms with Crippen LogP contribution in [0.2, 0.25) is 0 Å². The maximum absolute atomic E-state index is 14.3. The van der Waals surface area contributed by atoms with Gasteiger partial charge in [-0.15, -0.1) is 21.5 Å². The molecular formula is C37H34F3N7O8S. The highest BCUT2D eigenvalue weighted by molar-refractivity contribution is 7.18. The van der Waals surface area contributed by atoms with Gasteiger partial charge in [-0.25, -0.2) is 32.4 Å². The minimum Gasteiger partial charge on any atom is -0.462 e. The quantitative estimate of drug-likeness (QED) is 0.0738. The monoisotopic (exact) mass is 793 g/mol. The Morgan fingerprint density at radius 3 is 2.41 bits per heavy atom. The molecule has 1 N–H and O–H groups in total. The van der Waals surface area contributed by atoms with E-state index in [1.807, 2.05) is 25.1 Å². The molecule has 2 fully saturated rings. The molecule has 292 valence electrons. The summed E-state index contributed by atoms with van der Waals surface area (Å²) in [6.45, 7) is 4.43. The van der Waals surface area contributed by atoms with Crippen LogP contribution in [0.5, 0.6) is 0 Å². The Kier molecular flexibility index (Phi) is 11.2. The minimum atomic E-state index is -2.80. The molecule has 4 heterocycles. The predicted octanol–water partition coefficient (Wildman–Crippen LogP) is 5.82. The summed E-state index contributed by atoms with van der Waals surface area (Å²) in [5.74, 6) is -7.97. The number of benzene rings is 3. The van der Waals surface area contributed by atoms with Crippen LogP contribution in [0.1, 0.15) is 43.2 Å². The van der Waals surface area contributed by atoms with Gasteiger partial charge in [0.15, 0.2) is 23.7 Å². The van der Waals surface area contributed by atoms with Gasteiger partial charge in [-0.3, -0.25) is 4.79 Å². The maximum Gasteiger partial charge on any atom is 0.369 e. The first-order chi connectivity index (χ1) is 27.0. The van der Waals surface area contributed by atoms with E-state index >= 15 is 0 Å². The van der Waals surface area contributed by atoms with E-state index in [-0.39, 0.29) is 43.2 Å². The Morgan fingerprint density at radius 1 is 1.00 bits per heavy atom. The molecule has 0 radical (unpaired) electrons. The van der Waals surface area contributed by atoms with Gasteiger partial charge in [0.2, 0.25) is 0 Å². The van der Waals surface area contributed by atoms with Crippen molar-refractivity contribution < 1.29 is 51.2 Å². The SMILES string of the molecule is CCOC(=O)C(/N=N/c1ccc2nc(C)sc2c1)(NC(=O)[C@H]1C[C@@H](n2cc(-c3cc(F)c(F)c(F)c3)nn2)[C@H]2OC(c3ccccc3)OC[C@H]2O1)C(=O)OCC. The second kappa shape index (κ2) is 16.2. The van der Waals surface area contributed by atoms with Crippen LogP contribution in [-0.2, 0) is 38.1 Å². The number of ether oxygens (including phenoxy) is 5. The van der Waals surface area contributed by atoms with E-state index in [1.54, 1.807) is 30.3 Å². The van der Waals surface area contributed by atoms with Crippen molar-refractivity contribution in [3.05, 3.63) is 94.9 Å². The lowest BCUT2D eigenvalue weighted by Crippen LogP contribution is -2.64. The van der Waals surface area contributed by atoms with Crippen LogP contribution in [0, 0.1) is 24.4 Å². The number of azo groups is 1. The predicted molar refractivity (Wildman–Crippen MR) is 191 cm³/mol. The van der Waals surface area contributed by atoms with Crippen molar-refractivity contribution >= 4 is 45.1 Å². The first-order valence-electron chi connectivity index (χ1n) is 17.5. The number of thiazole rings is 1. The minimum absolute atomic E-state index is 0.00533. The molecule has 2 aliphatic rings. The van der Waals surface area contributed by atoms with E-state index in [9.17, 15) is 27.6 Å². The molecule has 5 atom stereocenters. The highest BCUT2D eigenvalue weighted by Gasteiger charge is 2.55. The van der Waals surface area contributed by atoms with Crippen molar-refractivity contribution in [1.82, 2.24) is 25.3 Å². The number of nitrogens with one attached hydrogen (secondary N) is 1. The number of halogens is 3. The smallest absolute Gasteiger partial charge is 0.369 e. The Bertz CT molecular complexity index is 2250. The van der Waals surface area contributed by atoms with Gasteiger partial charge in [0.25, 0.3) is 5.91 Å². The molecule has 7 rings (SSSR count). The number of aryl methyl sites for hydroxylation is 1. The fraction of sp³-hybridized carbons (Fsp3) is 0.351. The third kappa shape index (κ3) is 7.75. The van der Waals surface area contributed by atoms with Gasteiger partial charge in [-0.05, 0) is 51.1 Å². The number of hydrogen-bond acceptors (Lipinski definition) is 14. The number of carbonyl (C=O) groups excluding carboxylic acids is 3. The van der Waals surface area contributed by atoms with Crippen molar-refractivity contribution in [2.75, 3.05) is 19.8 Å². The van der Waals surface area contributed by atoms with Crippen molar-refractivity contribution in [2.24, 2.45) is 10.2 Å². The number of aromatic nitrogens is 4. The maximum atomic E-state index is 14.3. The zero-order valence-corrected chi connectivity index (χ0v) is 30.9. The first kappa shape index (κ1) is 38.6. The normalized spacial score (nSPS) is 21.1. The van der Waals surface area contributed by atoms with E-state index in [1.165, 1.54) is 36.1 Å². The summed E-state index contributed by atoms with van der Waals surface area (Å²) in [6, 6.07) is 14.7. The fourth-order valence-electron chi connectivity index (χ4n) is 6.35. The number of nitrogens with zero attached hydrogens (tertiary/aromatic N) is 6. The molecule has 0 bridgehead atoms. The summed E-state index contributed by atoms with van der Waals surface area (Å²) < 4.78 is 73.2. The molecule has 3 aromatic carbocycles. The molecule has 0 aliphatic carbocycles. The van der Waals surface area contributed by atoms with Crippen molar-refractivity contribution in [1.29, 1.82) is 0 Å². The zero-order valence-electron chi connectivity index (χ0n) is 30.1. The van der Waals surface area contributed by atoms with Crippen LogP contribution >= 0.6 is 11.3 Å². The van der Waals surface area contributed by atoms with Crippen LogP contribution in [0.15, 0.2) is 77.1 Å². The lowest BCUT2D eigenvalue weighted by Gasteiger charge is -2.45. The second-order valence-electron chi connectivity index (χ2n) is 12.7. The standard InChI is InChI=1S/C37H34F3N7O8S/c1-4-51-35(49)37(36(50)52-5-2,45-43-22-11-12-25-30(15-22)56-19(3)41-25)42-33(48)28-16-27(32-29(54-28)18-53-34(55-32)20-9-7-6-8-10-20)47-17-26(44-46-47)21-13-23(38)31(40)24(39)14-21/h6-15,17,27-29,32,34H,4-5,16,18H2,1-3H3,(H,42,48)/b45-43+/t27-,28-,29-,32-,34?/m1/s1. The molecule has 56 heavy (non-hydrogen) atoms. The van der Waals surface area contributed by atoms with Gasteiger partial charge in [0.1, 0.15) is 24.0 Å². The Balaban J connectivity index is 1.22. The van der Waals surface area contributed by atoms with E-state index in [0.717, 1.165) is 21.8 Å². The summed E-state index contributed by atoms with van der Waals surface area (Å²) in [5.41, 5.74) is -1.24. The molecule has 2 aliphatic heterocycles. The largest absolute Gasteiger partial charge is 0.462 e. The number of amides is 1. The lowest BCUT2D eigenvalue weighted by atomic mass is 9.93. The van der Waals surface area contributed by atoms with E-state index < -0.39 is 71.6 Å². The molecule has 0 saturated carbocycles. The topological polar surface area (TPSA) is 178 Å². The molecule has 0 spiro atoms. The number of hydrogen-bond donors (Lipinski definition) is 1. The van der Waals surface area contributed by atoms with Gasteiger partial charge >= 0.3 is 17.6 Å². The van der Waals surface area contributed by atoms with Crippen LogP contribution in [0.4, 0.5) is 18.9 Å². The fourth-order valence-corrected chi connectivity index (χ4v) is 7.21. The van der Waals surface area contributed by atoms with Gasteiger partial charge in [-0.2, -0.15) is 5.11 Å². The van der Waals surface area contributed by atoms with Gasteiger partial charge in [0, 0.05) is 17.5 Å². The summed E-state index contributed by atoms with van der Waals surface area (Å²) in [6.07, 6.45) is -2.84. The van der Waals surface area contributed by atoms with Crippen molar-refractivity contribution in [2.45, 2.75) is 63.5 Å². The molecule has 1 unspecified atom stereocenters. The number of esters is 2.